The van der Waals surface area contributed by atoms with Crippen molar-refractivity contribution < 1.29 is 4.79 Å². The molecule has 0 aliphatic heterocycles. The molecule has 0 atom stereocenters. The summed E-state index contributed by atoms with van der Waals surface area (Å²) in [5, 5.41) is 0. The molecule has 0 spiro atoms. The van der Waals surface area contributed by atoms with Crippen molar-refractivity contribution in [1.82, 2.24) is 4.98 Å². The van der Waals surface area contributed by atoms with Crippen LogP contribution in [0.4, 0.5) is 11.5 Å². The Morgan fingerprint density at radius 3 is 2.53 bits per heavy atom. The molecule has 2 rings (SSSR count). The Morgan fingerprint density at radius 1 is 1.12 bits per heavy atom. The maximum absolute atomic E-state index is 11.1. The molecule has 1 amide bonds. The minimum Gasteiger partial charge on any atom is -0.399 e. The Labute approximate surface area is 98.3 Å². The second kappa shape index (κ2) is 4.13. The van der Waals surface area contributed by atoms with Crippen molar-refractivity contribution in [2.45, 2.75) is 0 Å². The molecule has 1 aromatic heterocycles. The summed E-state index contributed by atoms with van der Waals surface area (Å²) in [6, 6.07) is 8.87. The van der Waals surface area contributed by atoms with Crippen LogP contribution >= 0.6 is 0 Å². The van der Waals surface area contributed by atoms with E-state index in [9.17, 15) is 4.79 Å². The first-order valence-corrected chi connectivity index (χ1v) is 4.99. The van der Waals surface area contributed by atoms with Crippen LogP contribution in [0, 0.1) is 0 Å². The standard InChI is InChI=1S/C12H12N4O/c13-9-3-1-2-7(4-9)8-5-10(12(15)17)11(14)16-6-8/h1-6H,13H2,(H2,14,16)(H2,15,17). The molecule has 86 valence electrons. The number of amides is 1. The summed E-state index contributed by atoms with van der Waals surface area (Å²) in [7, 11) is 0. The molecule has 5 nitrogen and oxygen atoms in total. The van der Waals surface area contributed by atoms with Crippen LogP contribution < -0.4 is 17.2 Å². The number of hydrogen-bond donors (Lipinski definition) is 3. The smallest absolute Gasteiger partial charge is 0.252 e. The van der Waals surface area contributed by atoms with Gasteiger partial charge in [-0.2, -0.15) is 0 Å². The first-order chi connectivity index (χ1) is 8.08. The normalized spacial score (nSPS) is 10.1. The van der Waals surface area contributed by atoms with E-state index in [0.29, 0.717) is 5.69 Å². The fourth-order valence-electron chi connectivity index (χ4n) is 1.55. The van der Waals surface area contributed by atoms with Crippen molar-refractivity contribution >= 4 is 17.4 Å². The Kier molecular flexibility index (Phi) is 2.66. The monoisotopic (exact) mass is 228 g/mol. The van der Waals surface area contributed by atoms with E-state index in [2.05, 4.69) is 4.98 Å². The van der Waals surface area contributed by atoms with Gasteiger partial charge in [-0.25, -0.2) is 4.98 Å². The van der Waals surface area contributed by atoms with Crippen molar-refractivity contribution in [3.8, 4) is 11.1 Å². The van der Waals surface area contributed by atoms with Crippen molar-refractivity contribution in [2.24, 2.45) is 5.73 Å². The Hall–Kier alpha value is -2.56. The molecule has 2 aromatic rings. The van der Waals surface area contributed by atoms with Crippen molar-refractivity contribution in [1.29, 1.82) is 0 Å². The molecule has 1 heterocycles. The topological polar surface area (TPSA) is 108 Å². The number of nitrogen functional groups attached to an aromatic ring is 2. The second-order valence-corrected chi connectivity index (χ2v) is 3.65. The van der Waals surface area contributed by atoms with Gasteiger partial charge in [0.2, 0.25) is 0 Å². The maximum atomic E-state index is 11.1. The molecule has 0 radical (unpaired) electrons. The third-order valence-electron chi connectivity index (χ3n) is 2.40. The van der Waals surface area contributed by atoms with Gasteiger partial charge in [0.25, 0.3) is 5.91 Å². The highest BCUT2D eigenvalue weighted by Crippen LogP contribution is 2.23. The van der Waals surface area contributed by atoms with E-state index in [0.717, 1.165) is 11.1 Å². The van der Waals surface area contributed by atoms with Crippen LogP contribution in [0.2, 0.25) is 0 Å². The molecule has 0 unspecified atom stereocenters. The molecule has 0 bridgehead atoms. The van der Waals surface area contributed by atoms with Crippen molar-refractivity contribution in [3.05, 3.63) is 42.1 Å². The van der Waals surface area contributed by atoms with Crippen LogP contribution in [0.15, 0.2) is 36.5 Å². The van der Waals surface area contributed by atoms with Gasteiger partial charge in [0.1, 0.15) is 5.82 Å². The zero-order valence-electron chi connectivity index (χ0n) is 9.05. The van der Waals surface area contributed by atoms with Crippen LogP contribution in [0.1, 0.15) is 10.4 Å². The Balaban J connectivity index is 2.54. The highest BCUT2D eigenvalue weighted by atomic mass is 16.1. The highest BCUT2D eigenvalue weighted by molar-refractivity contribution is 5.98. The SMILES string of the molecule is NC(=O)c1cc(-c2cccc(N)c2)cnc1N. The summed E-state index contributed by atoms with van der Waals surface area (Å²) in [6.07, 6.45) is 1.58. The molecule has 5 heteroatoms. The molecule has 0 fully saturated rings. The molecular formula is C12H12N4O. The van der Waals surface area contributed by atoms with E-state index in [1.165, 1.54) is 0 Å². The minimum absolute atomic E-state index is 0.130. The number of carbonyl (C=O) groups is 1. The molecule has 0 saturated carbocycles. The van der Waals surface area contributed by atoms with E-state index in [4.69, 9.17) is 17.2 Å². The average molecular weight is 228 g/mol. The van der Waals surface area contributed by atoms with Gasteiger partial charge in [0.15, 0.2) is 0 Å². The lowest BCUT2D eigenvalue weighted by Gasteiger charge is -2.06. The lowest BCUT2D eigenvalue weighted by Crippen LogP contribution is -2.14. The summed E-state index contributed by atoms with van der Waals surface area (Å²) < 4.78 is 0. The number of nitrogens with two attached hydrogens (primary N) is 3. The van der Waals surface area contributed by atoms with Gasteiger partial charge >= 0.3 is 0 Å². The zero-order valence-corrected chi connectivity index (χ0v) is 9.05. The van der Waals surface area contributed by atoms with Crippen LogP contribution in [0.5, 0.6) is 0 Å². The predicted molar refractivity (Wildman–Crippen MR) is 67.0 cm³/mol. The van der Waals surface area contributed by atoms with E-state index >= 15 is 0 Å². The van der Waals surface area contributed by atoms with Gasteiger partial charge in [0, 0.05) is 17.4 Å². The minimum atomic E-state index is -0.597. The molecule has 6 N–H and O–H groups in total. The highest BCUT2D eigenvalue weighted by Gasteiger charge is 2.09. The van der Waals surface area contributed by atoms with Gasteiger partial charge in [-0.3, -0.25) is 4.79 Å². The number of pyridine rings is 1. The lowest BCUT2D eigenvalue weighted by atomic mass is 10.0. The number of hydrogen-bond acceptors (Lipinski definition) is 4. The lowest BCUT2D eigenvalue weighted by molar-refractivity contribution is 0.100. The number of carbonyl (C=O) groups excluding carboxylic acids is 1. The molecule has 0 saturated heterocycles. The number of nitrogens with zero attached hydrogens (tertiary/aromatic N) is 1. The van der Waals surface area contributed by atoms with E-state index in [-0.39, 0.29) is 11.4 Å². The zero-order chi connectivity index (χ0) is 12.4. The number of aromatic nitrogens is 1. The van der Waals surface area contributed by atoms with Gasteiger partial charge in [-0.15, -0.1) is 0 Å². The van der Waals surface area contributed by atoms with E-state index in [1.54, 1.807) is 24.4 Å². The number of benzene rings is 1. The summed E-state index contributed by atoms with van der Waals surface area (Å²) in [6.45, 7) is 0. The van der Waals surface area contributed by atoms with Crippen LogP contribution in [-0.2, 0) is 0 Å². The first-order valence-electron chi connectivity index (χ1n) is 4.99. The number of anilines is 2. The fourth-order valence-corrected chi connectivity index (χ4v) is 1.55. The molecular weight excluding hydrogens is 216 g/mol. The van der Waals surface area contributed by atoms with Gasteiger partial charge in [-0.1, -0.05) is 12.1 Å². The van der Waals surface area contributed by atoms with Gasteiger partial charge < -0.3 is 17.2 Å². The number of primary amides is 1. The third kappa shape index (κ3) is 2.17. The predicted octanol–water partition coefficient (Wildman–Crippen LogP) is 1.01. The van der Waals surface area contributed by atoms with Crippen LogP contribution in [0.3, 0.4) is 0 Å². The Bertz CT molecular complexity index is 580. The second-order valence-electron chi connectivity index (χ2n) is 3.65. The molecule has 17 heavy (non-hydrogen) atoms. The van der Waals surface area contributed by atoms with Gasteiger partial charge in [0.05, 0.1) is 5.56 Å². The molecule has 0 aliphatic rings. The van der Waals surface area contributed by atoms with Gasteiger partial charge in [-0.05, 0) is 23.8 Å². The van der Waals surface area contributed by atoms with E-state index < -0.39 is 5.91 Å². The average Bonchev–Trinajstić information content (AvgIpc) is 2.29. The molecule has 0 aliphatic carbocycles. The third-order valence-corrected chi connectivity index (χ3v) is 2.40. The first kappa shape index (κ1) is 10.9. The van der Waals surface area contributed by atoms with Crippen molar-refractivity contribution in [2.75, 3.05) is 11.5 Å². The quantitative estimate of drug-likeness (QED) is 0.666. The largest absolute Gasteiger partial charge is 0.399 e. The Morgan fingerprint density at radius 2 is 1.88 bits per heavy atom. The summed E-state index contributed by atoms with van der Waals surface area (Å²) in [4.78, 5) is 15.1. The summed E-state index contributed by atoms with van der Waals surface area (Å²) in [5.41, 5.74) is 18.9. The van der Waals surface area contributed by atoms with Crippen LogP contribution in [0.25, 0.3) is 11.1 Å². The molecule has 1 aromatic carbocycles. The van der Waals surface area contributed by atoms with Crippen LogP contribution in [-0.4, -0.2) is 10.9 Å². The number of rotatable bonds is 2. The summed E-state index contributed by atoms with van der Waals surface area (Å²) >= 11 is 0. The summed E-state index contributed by atoms with van der Waals surface area (Å²) in [5.74, 6) is -0.467. The van der Waals surface area contributed by atoms with E-state index in [1.807, 2.05) is 12.1 Å². The fraction of sp³-hybridized carbons (Fsp3) is 0. The maximum Gasteiger partial charge on any atom is 0.252 e. The van der Waals surface area contributed by atoms with Crippen molar-refractivity contribution in [3.63, 3.8) is 0 Å².